The van der Waals surface area contributed by atoms with E-state index in [-0.39, 0.29) is 5.04 Å². The van der Waals surface area contributed by atoms with Gasteiger partial charge in [0, 0.05) is 5.56 Å². The zero-order chi connectivity index (χ0) is 15.1. The van der Waals surface area contributed by atoms with Crippen molar-refractivity contribution in [3.63, 3.8) is 0 Å². The lowest BCUT2D eigenvalue weighted by molar-refractivity contribution is 0.112. The summed E-state index contributed by atoms with van der Waals surface area (Å²) in [5.41, 5.74) is 4.53. The number of carbonyl (C=O) groups excluding carboxylic acids is 1. The standard InChI is InChI=1S/C18H24OSi/c1-13-14-10-8-7-9-11-15(14)16(12-19)17(13)20(5,6)18(2,3)4/h7-12H,1-6H3. The lowest BCUT2D eigenvalue weighted by atomic mass is 10.1. The Labute approximate surface area is 123 Å². The summed E-state index contributed by atoms with van der Waals surface area (Å²) in [4.78, 5) is 11.8. The minimum atomic E-state index is -1.73. The van der Waals surface area contributed by atoms with E-state index in [4.69, 9.17) is 0 Å². The molecule has 0 saturated heterocycles. The summed E-state index contributed by atoms with van der Waals surface area (Å²) in [6.45, 7) is 13.8. The molecule has 0 aliphatic heterocycles. The molecule has 0 aromatic rings. The minimum absolute atomic E-state index is 0.224. The third-order valence-electron chi connectivity index (χ3n) is 4.99. The summed E-state index contributed by atoms with van der Waals surface area (Å²) in [6.07, 6.45) is 1.06. The Hall–Kier alpha value is -1.41. The van der Waals surface area contributed by atoms with E-state index in [9.17, 15) is 4.79 Å². The van der Waals surface area contributed by atoms with Crippen molar-refractivity contribution in [3.8, 4) is 11.1 Å². The van der Waals surface area contributed by atoms with E-state index in [0.717, 1.165) is 17.4 Å². The molecular formula is C18H24OSi. The van der Waals surface area contributed by atoms with Gasteiger partial charge in [-0.25, -0.2) is 0 Å². The van der Waals surface area contributed by atoms with Crippen molar-refractivity contribution in [3.05, 3.63) is 41.5 Å². The van der Waals surface area contributed by atoms with Gasteiger partial charge in [-0.15, -0.1) is 0 Å². The van der Waals surface area contributed by atoms with Gasteiger partial charge < -0.3 is 0 Å². The van der Waals surface area contributed by atoms with Gasteiger partial charge in [0.25, 0.3) is 0 Å². The molecule has 0 amide bonds. The molecule has 1 nitrogen and oxygen atoms in total. The summed E-state index contributed by atoms with van der Waals surface area (Å²) in [5, 5.41) is 1.56. The van der Waals surface area contributed by atoms with Crippen molar-refractivity contribution in [2.45, 2.75) is 45.8 Å². The highest BCUT2D eigenvalue weighted by Crippen LogP contribution is 2.40. The average Bonchev–Trinajstić information content (AvgIpc) is 2.53. The Morgan fingerprint density at radius 2 is 1.55 bits per heavy atom. The molecule has 0 bridgehead atoms. The fraction of sp³-hybridized carbons (Fsp3) is 0.389. The molecule has 0 aromatic carbocycles. The molecule has 2 aliphatic carbocycles. The normalized spacial score (nSPS) is 12.7. The Morgan fingerprint density at radius 3 is 2.05 bits per heavy atom. The first-order valence-electron chi connectivity index (χ1n) is 7.19. The Kier molecular flexibility index (Phi) is 3.63. The second-order valence-electron chi connectivity index (χ2n) is 7.14. The predicted octanol–water partition coefficient (Wildman–Crippen LogP) is 4.63. The highest BCUT2D eigenvalue weighted by Gasteiger charge is 2.41. The van der Waals surface area contributed by atoms with Crippen LogP contribution in [-0.2, 0) is 0 Å². The molecule has 2 aliphatic rings. The summed E-state index contributed by atoms with van der Waals surface area (Å²) >= 11 is 0. The van der Waals surface area contributed by atoms with Crippen molar-refractivity contribution in [1.82, 2.24) is 0 Å². The first-order chi connectivity index (χ1) is 9.21. The number of fused-ring (bicyclic) bond motifs is 1. The number of rotatable bonds is 2. The van der Waals surface area contributed by atoms with Gasteiger partial charge in [-0.05, 0) is 33.8 Å². The van der Waals surface area contributed by atoms with E-state index in [1.807, 2.05) is 12.1 Å². The maximum Gasteiger partial charge on any atom is 0.150 e. The molecule has 0 N–H and O–H groups in total. The quantitative estimate of drug-likeness (QED) is 0.580. The van der Waals surface area contributed by atoms with Crippen LogP contribution in [0.15, 0.2) is 30.3 Å². The SMILES string of the molecule is Cc1c2cccccc-2c(C=O)c1[Si](C)(C)C(C)(C)C. The fourth-order valence-corrected chi connectivity index (χ4v) is 5.57. The van der Waals surface area contributed by atoms with Gasteiger partial charge in [-0.1, -0.05) is 64.2 Å². The van der Waals surface area contributed by atoms with Crippen LogP contribution in [0.4, 0.5) is 0 Å². The van der Waals surface area contributed by atoms with Crippen molar-refractivity contribution < 1.29 is 4.79 Å². The van der Waals surface area contributed by atoms with Crippen LogP contribution in [0.25, 0.3) is 11.1 Å². The predicted molar refractivity (Wildman–Crippen MR) is 90.0 cm³/mol. The lowest BCUT2D eigenvalue weighted by Gasteiger charge is -2.38. The van der Waals surface area contributed by atoms with Crippen LogP contribution in [0, 0.1) is 6.92 Å². The van der Waals surface area contributed by atoms with Gasteiger partial charge in [0.2, 0.25) is 0 Å². The summed E-state index contributed by atoms with van der Waals surface area (Å²) in [6, 6.07) is 10.3. The van der Waals surface area contributed by atoms with E-state index >= 15 is 0 Å². The number of carbonyl (C=O) groups is 1. The third-order valence-corrected chi connectivity index (χ3v) is 10.6. The molecule has 106 valence electrons. The van der Waals surface area contributed by atoms with E-state index in [1.54, 1.807) is 0 Å². The molecule has 0 saturated carbocycles. The van der Waals surface area contributed by atoms with Crippen LogP contribution < -0.4 is 5.19 Å². The number of hydrogen-bond acceptors (Lipinski definition) is 1. The molecule has 20 heavy (non-hydrogen) atoms. The van der Waals surface area contributed by atoms with Gasteiger partial charge in [0.1, 0.15) is 0 Å². The van der Waals surface area contributed by atoms with Crippen LogP contribution in [0.2, 0.25) is 18.1 Å². The summed E-state index contributed by atoms with van der Waals surface area (Å²) < 4.78 is 0. The molecule has 0 radical (unpaired) electrons. The second-order valence-corrected chi connectivity index (χ2v) is 12.4. The second kappa shape index (κ2) is 4.85. The number of aldehydes is 1. The molecule has 2 rings (SSSR count). The van der Waals surface area contributed by atoms with E-state index < -0.39 is 8.07 Å². The fourth-order valence-electron chi connectivity index (χ4n) is 2.88. The summed E-state index contributed by atoms with van der Waals surface area (Å²) in [7, 11) is -1.73. The summed E-state index contributed by atoms with van der Waals surface area (Å²) in [5.74, 6) is 0. The Bertz CT molecular complexity index is 620. The number of hydrogen-bond donors (Lipinski definition) is 0. The van der Waals surface area contributed by atoms with Gasteiger partial charge in [0.05, 0.1) is 8.07 Å². The largest absolute Gasteiger partial charge is 0.298 e. The van der Waals surface area contributed by atoms with Gasteiger partial charge in [-0.3, -0.25) is 4.79 Å². The zero-order valence-corrected chi connectivity index (χ0v) is 14.4. The van der Waals surface area contributed by atoms with Crippen LogP contribution >= 0.6 is 0 Å². The van der Waals surface area contributed by atoms with Crippen LogP contribution in [0.1, 0.15) is 36.7 Å². The van der Waals surface area contributed by atoms with E-state index in [2.05, 4.69) is 59.0 Å². The molecular weight excluding hydrogens is 260 g/mol. The van der Waals surface area contributed by atoms with Crippen LogP contribution in [-0.4, -0.2) is 14.4 Å². The van der Waals surface area contributed by atoms with Crippen molar-refractivity contribution in [2.24, 2.45) is 0 Å². The average molecular weight is 284 g/mol. The smallest absolute Gasteiger partial charge is 0.150 e. The van der Waals surface area contributed by atoms with Gasteiger partial charge in [-0.2, -0.15) is 0 Å². The Morgan fingerprint density at radius 1 is 1.00 bits per heavy atom. The molecule has 0 aromatic heterocycles. The lowest BCUT2D eigenvalue weighted by Crippen LogP contribution is -2.51. The zero-order valence-electron chi connectivity index (χ0n) is 13.4. The molecule has 0 unspecified atom stereocenters. The third kappa shape index (κ3) is 2.12. The highest BCUT2D eigenvalue weighted by molar-refractivity contribution is 6.93. The Balaban J connectivity index is 2.88. The monoisotopic (exact) mass is 284 g/mol. The van der Waals surface area contributed by atoms with Crippen LogP contribution in [0.5, 0.6) is 0 Å². The van der Waals surface area contributed by atoms with Crippen LogP contribution in [0.3, 0.4) is 0 Å². The van der Waals surface area contributed by atoms with Gasteiger partial charge >= 0.3 is 0 Å². The first-order valence-corrected chi connectivity index (χ1v) is 10.2. The van der Waals surface area contributed by atoms with Gasteiger partial charge in [0.15, 0.2) is 6.29 Å². The minimum Gasteiger partial charge on any atom is -0.298 e. The molecule has 0 spiro atoms. The maximum atomic E-state index is 11.8. The molecule has 0 heterocycles. The van der Waals surface area contributed by atoms with Crippen molar-refractivity contribution >= 4 is 19.5 Å². The van der Waals surface area contributed by atoms with Crippen molar-refractivity contribution in [1.29, 1.82) is 0 Å². The molecule has 0 atom stereocenters. The highest BCUT2D eigenvalue weighted by atomic mass is 28.3. The van der Waals surface area contributed by atoms with Crippen molar-refractivity contribution in [2.75, 3.05) is 0 Å². The first kappa shape index (κ1) is 15.0. The van der Waals surface area contributed by atoms with E-state index in [0.29, 0.717) is 0 Å². The maximum absolute atomic E-state index is 11.8. The molecule has 2 heteroatoms. The topological polar surface area (TPSA) is 17.1 Å². The molecule has 0 fully saturated rings. The van der Waals surface area contributed by atoms with E-state index in [1.165, 1.54) is 16.3 Å².